The van der Waals surface area contributed by atoms with Crippen molar-refractivity contribution in [3.05, 3.63) is 71.8 Å². The molecule has 1 aliphatic rings. The van der Waals surface area contributed by atoms with Crippen LogP contribution in [0, 0.1) is 5.92 Å². The molecule has 1 atom stereocenters. The topological polar surface area (TPSA) is 12.0 Å². The summed E-state index contributed by atoms with van der Waals surface area (Å²) in [6.45, 7) is 0.952. The lowest BCUT2D eigenvalue weighted by Gasteiger charge is -2.27. The van der Waals surface area contributed by atoms with Crippen LogP contribution in [0.4, 0.5) is 0 Å². The van der Waals surface area contributed by atoms with Gasteiger partial charge in [-0.2, -0.15) is 0 Å². The highest BCUT2D eigenvalue weighted by molar-refractivity contribution is 5.20. The lowest BCUT2D eigenvalue weighted by Crippen LogP contribution is -2.24. The standard InChI is InChI=1S/C21H27N/c1-4-10-18(11-5-1)16-21(20-14-8-3-9-15-20)22-17-19-12-6-2-7-13-19/h2-3,6-9,12-15,18,21-22H,1,4-5,10-11,16-17H2/t21-/m1/s1. The molecular weight excluding hydrogens is 266 g/mol. The summed E-state index contributed by atoms with van der Waals surface area (Å²) in [7, 11) is 0. The largest absolute Gasteiger partial charge is 0.306 e. The normalized spacial score (nSPS) is 17.3. The molecule has 1 aliphatic carbocycles. The van der Waals surface area contributed by atoms with Crippen LogP contribution in [0.25, 0.3) is 0 Å². The van der Waals surface area contributed by atoms with Crippen LogP contribution in [0.15, 0.2) is 60.7 Å². The van der Waals surface area contributed by atoms with Crippen molar-refractivity contribution in [2.24, 2.45) is 5.92 Å². The third-order valence-corrected chi connectivity index (χ3v) is 4.89. The first kappa shape index (κ1) is 15.3. The molecule has 0 amide bonds. The second-order valence-electron chi connectivity index (χ2n) is 6.57. The van der Waals surface area contributed by atoms with Crippen LogP contribution in [-0.2, 0) is 6.54 Å². The maximum Gasteiger partial charge on any atom is 0.0325 e. The van der Waals surface area contributed by atoms with E-state index in [-0.39, 0.29) is 0 Å². The third-order valence-electron chi connectivity index (χ3n) is 4.89. The van der Waals surface area contributed by atoms with Crippen LogP contribution >= 0.6 is 0 Å². The maximum absolute atomic E-state index is 3.80. The molecule has 116 valence electrons. The molecule has 2 aromatic rings. The Bertz CT molecular complexity index is 528. The molecule has 0 aliphatic heterocycles. The highest BCUT2D eigenvalue weighted by Crippen LogP contribution is 2.32. The van der Waals surface area contributed by atoms with E-state index in [0.717, 1.165) is 12.5 Å². The van der Waals surface area contributed by atoms with Gasteiger partial charge >= 0.3 is 0 Å². The molecule has 1 saturated carbocycles. The van der Waals surface area contributed by atoms with E-state index in [0.29, 0.717) is 6.04 Å². The van der Waals surface area contributed by atoms with E-state index >= 15 is 0 Å². The Morgan fingerprint density at radius 3 is 2.14 bits per heavy atom. The van der Waals surface area contributed by atoms with Crippen LogP contribution in [0.2, 0.25) is 0 Å². The van der Waals surface area contributed by atoms with E-state index in [2.05, 4.69) is 66.0 Å². The van der Waals surface area contributed by atoms with Crippen LogP contribution in [-0.4, -0.2) is 0 Å². The Hall–Kier alpha value is -1.60. The highest BCUT2D eigenvalue weighted by Gasteiger charge is 2.19. The average molecular weight is 293 g/mol. The molecule has 1 nitrogen and oxygen atoms in total. The lowest BCUT2D eigenvalue weighted by molar-refractivity contribution is 0.299. The molecule has 3 rings (SSSR count). The molecule has 2 aromatic carbocycles. The second kappa shape index (κ2) is 8.14. The predicted octanol–water partition coefficient (Wildman–Crippen LogP) is 5.49. The molecule has 0 spiro atoms. The van der Waals surface area contributed by atoms with Gasteiger partial charge in [-0.15, -0.1) is 0 Å². The number of rotatable bonds is 6. The summed E-state index contributed by atoms with van der Waals surface area (Å²) in [6.07, 6.45) is 8.38. The SMILES string of the molecule is c1ccc(CN[C@H](CC2CCCCC2)c2ccccc2)cc1. The monoisotopic (exact) mass is 293 g/mol. The van der Waals surface area contributed by atoms with Gasteiger partial charge in [-0.05, 0) is 23.5 Å². The first-order valence-corrected chi connectivity index (χ1v) is 8.74. The van der Waals surface area contributed by atoms with Crippen LogP contribution in [0.5, 0.6) is 0 Å². The highest BCUT2D eigenvalue weighted by atomic mass is 14.9. The van der Waals surface area contributed by atoms with Gasteiger partial charge in [0.15, 0.2) is 0 Å². The van der Waals surface area contributed by atoms with Crippen molar-refractivity contribution in [1.82, 2.24) is 5.32 Å². The summed E-state index contributed by atoms with van der Waals surface area (Å²) in [5.74, 6) is 0.891. The number of nitrogens with one attached hydrogen (secondary N) is 1. The van der Waals surface area contributed by atoms with Crippen molar-refractivity contribution in [3.8, 4) is 0 Å². The van der Waals surface area contributed by atoms with Gasteiger partial charge < -0.3 is 5.32 Å². The first-order chi connectivity index (χ1) is 10.9. The fourth-order valence-electron chi connectivity index (χ4n) is 3.62. The van der Waals surface area contributed by atoms with Crippen molar-refractivity contribution >= 4 is 0 Å². The van der Waals surface area contributed by atoms with Gasteiger partial charge in [0, 0.05) is 12.6 Å². The van der Waals surface area contributed by atoms with E-state index in [1.54, 1.807) is 0 Å². The molecule has 0 heterocycles. The molecule has 0 aromatic heterocycles. The zero-order chi connectivity index (χ0) is 15.0. The molecule has 0 unspecified atom stereocenters. The summed E-state index contributed by atoms with van der Waals surface area (Å²) in [5, 5.41) is 3.80. The summed E-state index contributed by atoms with van der Waals surface area (Å²) < 4.78 is 0. The lowest BCUT2D eigenvalue weighted by atomic mass is 9.83. The summed E-state index contributed by atoms with van der Waals surface area (Å²) >= 11 is 0. The predicted molar refractivity (Wildman–Crippen MR) is 93.7 cm³/mol. The Morgan fingerprint density at radius 1 is 0.818 bits per heavy atom. The van der Waals surface area contributed by atoms with Crippen molar-refractivity contribution in [1.29, 1.82) is 0 Å². The van der Waals surface area contributed by atoms with Gasteiger partial charge in [-0.3, -0.25) is 0 Å². The van der Waals surface area contributed by atoms with E-state index < -0.39 is 0 Å². The van der Waals surface area contributed by atoms with Crippen molar-refractivity contribution in [2.45, 2.75) is 51.1 Å². The third kappa shape index (κ3) is 4.45. The van der Waals surface area contributed by atoms with Crippen LogP contribution in [0.1, 0.15) is 55.7 Å². The summed E-state index contributed by atoms with van der Waals surface area (Å²) in [6, 6.07) is 22.2. The van der Waals surface area contributed by atoms with Gasteiger partial charge in [-0.1, -0.05) is 92.8 Å². The smallest absolute Gasteiger partial charge is 0.0325 e. The number of hydrogen-bond acceptors (Lipinski definition) is 1. The van der Waals surface area contributed by atoms with Crippen molar-refractivity contribution < 1.29 is 0 Å². The van der Waals surface area contributed by atoms with Gasteiger partial charge in [0.2, 0.25) is 0 Å². The minimum absolute atomic E-state index is 0.476. The number of hydrogen-bond donors (Lipinski definition) is 1. The zero-order valence-electron chi connectivity index (χ0n) is 13.4. The minimum atomic E-state index is 0.476. The molecule has 1 N–H and O–H groups in total. The number of benzene rings is 2. The molecule has 22 heavy (non-hydrogen) atoms. The van der Waals surface area contributed by atoms with Crippen LogP contribution < -0.4 is 5.32 Å². The Morgan fingerprint density at radius 2 is 1.45 bits per heavy atom. The fourth-order valence-corrected chi connectivity index (χ4v) is 3.62. The Balaban J connectivity index is 1.65. The van der Waals surface area contributed by atoms with Gasteiger partial charge in [0.25, 0.3) is 0 Å². The van der Waals surface area contributed by atoms with E-state index in [1.807, 2.05) is 0 Å². The van der Waals surface area contributed by atoms with Gasteiger partial charge in [0.1, 0.15) is 0 Å². The van der Waals surface area contributed by atoms with Crippen molar-refractivity contribution in [3.63, 3.8) is 0 Å². The fraction of sp³-hybridized carbons (Fsp3) is 0.429. The molecular formula is C21H27N. The average Bonchev–Trinajstić information content (AvgIpc) is 2.61. The summed E-state index contributed by atoms with van der Waals surface area (Å²) in [5.41, 5.74) is 2.80. The van der Waals surface area contributed by atoms with Crippen molar-refractivity contribution in [2.75, 3.05) is 0 Å². The summed E-state index contributed by atoms with van der Waals surface area (Å²) in [4.78, 5) is 0. The Kier molecular flexibility index (Phi) is 5.66. The minimum Gasteiger partial charge on any atom is -0.306 e. The van der Waals surface area contributed by atoms with E-state index in [1.165, 1.54) is 49.7 Å². The second-order valence-corrected chi connectivity index (χ2v) is 6.57. The van der Waals surface area contributed by atoms with Gasteiger partial charge in [-0.25, -0.2) is 0 Å². The Labute approximate surface area is 134 Å². The van der Waals surface area contributed by atoms with E-state index in [9.17, 15) is 0 Å². The molecule has 1 fully saturated rings. The quantitative estimate of drug-likeness (QED) is 0.742. The van der Waals surface area contributed by atoms with E-state index in [4.69, 9.17) is 0 Å². The molecule has 0 bridgehead atoms. The molecule has 0 radical (unpaired) electrons. The maximum atomic E-state index is 3.80. The molecule has 1 heteroatoms. The van der Waals surface area contributed by atoms with Gasteiger partial charge in [0.05, 0.1) is 0 Å². The zero-order valence-corrected chi connectivity index (χ0v) is 13.4. The molecule has 0 saturated heterocycles. The van der Waals surface area contributed by atoms with Crippen LogP contribution in [0.3, 0.4) is 0 Å². The first-order valence-electron chi connectivity index (χ1n) is 8.74.